The molecule has 8 atom stereocenters. The van der Waals surface area contributed by atoms with Crippen LogP contribution in [0.5, 0.6) is 5.75 Å². The van der Waals surface area contributed by atoms with Crippen molar-refractivity contribution in [2.45, 2.75) is 129 Å². The third-order valence-corrected chi connectivity index (χ3v) is 9.93. The van der Waals surface area contributed by atoms with Gasteiger partial charge in [-0.1, -0.05) is 46.2 Å². The van der Waals surface area contributed by atoms with E-state index in [0.717, 1.165) is 0 Å². The van der Waals surface area contributed by atoms with Crippen LogP contribution in [0.2, 0.25) is 0 Å². The normalized spacial score (nSPS) is 20.5. The molecule has 1 aromatic rings. The summed E-state index contributed by atoms with van der Waals surface area (Å²) >= 11 is 0. The van der Waals surface area contributed by atoms with Crippen molar-refractivity contribution in [3.8, 4) is 5.75 Å². The van der Waals surface area contributed by atoms with Crippen LogP contribution in [-0.2, 0) is 40.0 Å². The van der Waals surface area contributed by atoms with Crippen LogP contribution in [0.1, 0.15) is 85.6 Å². The molecule has 16 nitrogen and oxygen atoms in total. The Morgan fingerprint density at radius 2 is 1.34 bits per heavy atom. The Morgan fingerprint density at radius 3 is 1.89 bits per heavy atom. The highest BCUT2D eigenvalue weighted by Gasteiger charge is 2.41. The van der Waals surface area contributed by atoms with Crippen molar-refractivity contribution in [2.75, 3.05) is 13.1 Å². The lowest BCUT2D eigenvalue weighted by Gasteiger charge is -2.32. The first-order chi connectivity index (χ1) is 24.9. The number of aromatic hydroxyl groups is 1. The summed E-state index contributed by atoms with van der Waals surface area (Å²) in [6.07, 6.45) is 2.41. The molecule has 53 heavy (non-hydrogen) atoms. The van der Waals surface area contributed by atoms with E-state index in [1.54, 1.807) is 19.1 Å². The summed E-state index contributed by atoms with van der Waals surface area (Å²) in [5.41, 5.74) is 6.28. The third kappa shape index (κ3) is 11.6. The van der Waals surface area contributed by atoms with Crippen LogP contribution in [0.3, 0.4) is 0 Å². The molecule has 0 spiro atoms. The average molecular weight is 744 g/mol. The van der Waals surface area contributed by atoms with Crippen LogP contribution in [-0.4, -0.2) is 117 Å². The molecule has 0 aromatic heterocycles. The molecule has 8 N–H and O–H groups in total. The summed E-state index contributed by atoms with van der Waals surface area (Å²) < 4.78 is 0. The minimum Gasteiger partial charge on any atom is -0.508 e. The molecule has 16 heteroatoms. The number of rotatable bonds is 17. The maximum Gasteiger partial charge on any atom is 0.326 e. The number of hydrogen-bond acceptors (Lipinski definition) is 9. The van der Waals surface area contributed by atoms with Crippen LogP contribution in [0, 0.1) is 11.8 Å². The molecule has 3 rings (SSSR count). The Kier molecular flexibility index (Phi) is 15.6. The van der Waals surface area contributed by atoms with Gasteiger partial charge in [0.2, 0.25) is 35.4 Å². The topological polar surface area (TPSA) is 241 Å². The number of benzene rings is 1. The number of likely N-dealkylation sites (tertiary alicyclic amines) is 2. The summed E-state index contributed by atoms with van der Waals surface area (Å²) in [6, 6.07) is -0.951. The fourth-order valence-corrected chi connectivity index (χ4v) is 6.68. The summed E-state index contributed by atoms with van der Waals surface area (Å²) in [5.74, 6) is -4.79. The number of amides is 6. The SMILES string of the molecule is CC[C@H](C)[C@H](NC(=O)[C@H](Cc1ccc(O)cc1)NC(=O)[C@@H]1CCCN1C(=O)[C@H](C)NC(=O)[C@H](CC(C)C)NC(=O)[C@H](C)N)C(=O)N1CCC[C@H]1C(=O)O. The molecule has 2 aliphatic heterocycles. The molecule has 1 aromatic carbocycles. The van der Waals surface area contributed by atoms with E-state index < -0.39 is 83.7 Å². The molecule has 2 saturated heterocycles. The van der Waals surface area contributed by atoms with E-state index in [2.05, 4.69) is 21.3 Å². The van der Waals surface area contributed by atoms with Crippen LogP contribution in [0.25, 0.3) is 0 Å². The van der Waals surface area contributed by atoms with Gasteiger partial charge in [0.25, 0.3) is 0 Å². The lowest BCUT2D eigenvalue weighted by molar-refractivity contribution is -0.150. The van der Waals surface area contributed by atoms with E-state index in [4.69, 9.17) is 5.73 Å². The monoisotopic (exact) mass is 743 g/mol. The minimum atomic E-state index is -1.21. The molecule has 2 heterocycles. The molecule has 294 valence electrons. The van der Waals surface area contributed by atoms with E-state index in [9.17, 15) is 43.8 Å². The van der Waals surface area contributed by atoms with Gasteiger partial charge < -0.3 is 47.0 Å². The number of phenols is 1. The summed E-state index contributed by atoms with van der Waals surface area (Å²) in [6.45, 7) is 10.9. The average Bonchev–Trinajstić information content (AvgIpc) is 3.80. The maximum atomic E-state index is 14.0. The van der Waals surface area contributed by atoms with Crippen LogP contribution < -0.4 is 27.0 Å². The standard InChI is InChI=1S/C37H57N7O9/c1-7-21(4)30(36(51)44-17-9-11-29(44)37(52)53)42-33(48)27(19-24-12-14-25(45)15-13-24)41-34(49)28-10-8-16-43(28)35(50)23(6)39-32(47)26(18-20(2)3)40-31(46)22(5)38/h12-15,20-23,26-30,45H,7-11,16-19,38H2,1-6H3,(H,39,47)(H,40,46)(H,41,49)(H,42,48)(H,52,53)/t21-,22-,23-,26-,27-,28-,29-,30-/m0/s1. The molecular formula is C37H57N7O9. The van der Waals surface area contributed by atoms with Crippen molar-refractivity contribution in [3.05, 3.63) is 29.8 Å². The van der Waals surface area contributed by atoms with E-state index in [1.807, 2.05) is 20.8 Å². The van der Waals surface area contributed by atoms with Gasteiger partial charge in [-0.05, 0) is 75.5 Å². The zero-order valence-electron chi connectivity index (χ0n) is 31.6. The highest BCUT2D eigenvalue weighted by Crippen LogP contribution is 2.23. The first-order valence-corrected chi connectivity index (χ1v) is 18.5. The van der Waals surface area contributed by atoms with Gasteiger partial charge in [-0.15, -0.1) is 0 Å². The maximum absolute atomic E-state index is 14.0. The zero-order valence-corrected chi connectivity index (χ0v) is 31.6. The second-order valence-electron chi connectivity index (χ2n) is 14.7. The smallest absolute Gasteiger partial charge is 0.326 e. The van der Waals surface area contributed by atoms with Gasteiger partial charge in [0.1, 0.15) is 42.0 Å². The number of aliphatic carboxylic acids is 1. The quantitative estimate of drug-likeness (QED) is 0.116. The van der Waals surface area contributed by atoms with Gasteiger partial charge in [-0.2, -0.15) is 0 Å². The van der Waals surface area contributed by atoms with Gasteiger partial charge >= 0.3 is 5.97 Å². The summed E-state index contributed by atoms with van der Waals surface area (Å²) in [5, 5.41) is 30.4. The van der Waals surface area contributed by atoms with Gasteiger partial charge in [-0.3, -0.25) is 28.8 Å². The Balaban J connectivity index is 1.80. The van der Waals surface area contributed by atoms with Crippen molar-refractivity contribution in [2.24, 2.45) is 17.6 Å². The first-order valence-electron chi connectivity index (χ1n) is 18.5. The zero-order chi connectivity index (χ0) is 39.6. The number of carboxylic acids is 1. The highest BCUT2D eigenvalue weighted by atomic mass is 16.4. The summed E-state index contributed by atoms with van der Waals surface area (Å²) in [7, 11) is 0. The number of carbonyl (C=O) groups excluding carboxylic acids is 6. The molecular weight excluding hydrogens is 686 g/mol. The van der Waals surface area contributed by atoms with E-state index in [0.29, 0.717) is 44.1 Å². The lowest BCUT2D eigenvalue weighted by atomic mass is 9.96. The molecule has 0 radical (unpaired) electrons. The predicted molar refractivity (Wildman–Crippen MR) is 195 cm³/mol. The first kappa shape index (κ1) is 42.7. The molecule has 6 amide bonds. The van der Waals surface area contributed by atoms with Crippen molar-refractivity contribution in [1.82, 2.24) is 31.1 Å². The third-order valence-electron chi connectivity index (χ3n) is 9.93. The van der Waals surface area contributed by atoms with E-state index in [-0.39, 0.29) is 37.1 Å². The minimum absolute atomic E-state index is 0.00739. The largest absolute Gasteiger partial charge is 0.508 e. The number of hydrogen-bond donors (Lipinski definition) is 7. The molecule has 0 unspecified atom stereocenters. The summed E-state index contributed by atoms with van der Waals surface area (Å²) in [4.78, 5) is 95.3. The number of phenolic OH excluding ortho intramolecular Hbond substituents is 1. The predicted octanol–water partition coefficient (Wildman–Crippen LogP) is 0.400. The lowest BCUT2D eigenvalue weighted by Crippen LogP contribution is -2.60. The molecule has 0 saturated carbocycles. The van der Waals surface area contributed by atoms with Crippen molar-refractivity contribution < 1.29 is 43.8 Å². The fourth-order valence-electron chi connectivity index (χ4n) is 6.68. The van der Waals surface area contributed by atoms with Gasteiger partial charge in [-0.25, -0.2) is 4.79 Å². The Hall–Kier alpha value is -4.73. The number of nitrogens with zero attached hydrogens (tertiary/aromatic N) is 2. The number of nitrogens with one attached hydrogen (secondary N) is 4. The van der Waals surface area contributed by atoms with E-state index >= 15 is 0 Å². The number of carboxylic acid groups (broad SMARTS) is 1. The van der Waals surface area contributed by atoms with Gasteiger partial charge in [0.05, 0.1) is 6.04 Å². The van der Waals surface area contributed by atoms with Crippen molar-refractivity contribution in [1.29, 1.82) is 0 Å². The Morgan fingerprint density at radius 1 is 0.774 bits per heavy atom. The second-order valence-corrected chi connectivity index (χ2v) is 14.7. The van der Waals surface area contributed by atoms with Crippen molar-refractivity contribution >= 4 is 41.4 Å². The second kappa shape index (κ2) is 19.4. The molecule has 0 bridgehead atoms. The van der Waals surface area contributed by atoms with Crippen LogP contribution in [0.15, 0.2) is 24.3 Å². The fraction of sp³-hybridized carbons (Fsp3) is 0.649. The Labute approximate surface area is 311 Å². The van der Waals surface area contributed by atoms with Gasteiger partial charge in [0.15, 0.2) is 0 Å². The number of carbonyl (C=O) groups is 7. The van der Waals surface area contributed by atoms with Crippen LogP contribution >= 0.6 is 0 Å². The van der Waals surface area contributed by atoms with E-state index in [1.165, 1.54) is 35.8 Å². The number of nitrogens with two attached hydrogens (primary N) is 1. The Bertz CT molecular complexity index is 1490. The van der Waals surface area contributed by atoms with Crippen LogP contribution in [0.4, 0.5) is 0 Å². The molecule has 2 aliphatic rings. The molecule has 0 aliphatic carbocycles. The van der Waals surface area contributed by atoms with Gasteiger partial charge in [0, 0.05) is 19.5 Å². The highest BCUT2D eigenvalue weighted by molar-refractivity contribution is 5.97. The molecule has 2 fully saturated rings. The van der Waals surface area contributed by atoms with Crippen molar-refractivity contribution in [3.63, 3.8) is 0 Å².